The molecular weight excluding hydrogens is 266 g/mol. The molecule has 2 N–H and O–H groups in total. The summed E-state index contributed by atoms with van der Waals surface area (Å²) in [4.78, 5) is 10.9. The normalized spacial score (nSPS) is 26.2. The van der Waals surface area contributed by atoms with Crippen LogP contribution in [0.15, 0.2) is 10.6 Å². The molecule has 0 unspecified atom stereocenters. The predicted octanol–water partition coefficient (Wildman–Crippen LogP) is 2.04. The molecule has 0 aromatic carbocycles. The zero-order valence-corrected chi connectivity index (χ0v) is 11.8. The van der Waals surface area contributed by atoms with Crippen LogP contribution in [0, 0.1) is 17.2 Å². The van der Waals surface area contributed by atoms with Crippen LogP contribution in [0.1, 0.15) is 32.6 Å². The van der Waals surface area contributed by atoms with Crippen molar-refractivity contribution in [3.05, 3.63) is 10.6 Å². The van der Waals surface area contributed by atoms with Gasteiger partial charge in [-0.05, 0) is 25.1 Å². The lowest BCUT2D eigenvalue weighted by atomic mass is 9.84. The SMILES string of the molecule is CC(=O)NC(=S)NC1=C(C#N)[C@@H]2CCCC[C@H]2S1. The van der Waals surface area contributed by atoms with Gasteiger partial charge in [0.05, 0.1) is 16.7 Å². The average Bonchev–Trinajstić information content (AvgIpc) is 2.64. The fourth-order valence-electron chi connectivity index (χ4n) is 2.48. The van der Waals surface area contributed by atoms with Crippen LogP contribution >= 0.6 is 24.0 Å². The van der Waals surface area contributed by atoms with Crippen molar-refractivity contribution >= 4 is 35.0 Å². The number of thioether (sulfide) groups is 1. The molecule has 6 heteroatoms. The van der Waals surface area contributed by atoms with Crippen molar-refractivity contribution in [3.63, 3.8) is 0 Å². The van der Waals surface area contributed by atoms with E-state index in [2.05, 4.69) is 16.7 Å². The summed E-state index contributed by atoms with van der Waals surface area (Å²) in [7, 11) is 0. The average molecular weight is 281 g/mol. The molecule has 1 amide bonds. The second-order valence-corrected chi connectivity index (χ2v) is 6.19. The van der Waals surface area contributed by atoms with Crippen molar-refractivity contribution < 1.29 is 4.79 Å². The van der Waals surface area contributed by atoms with E-state index in [1.54, 1.807) is 11.8 Å². The summed E-state index contributed by atoms with van der Waals surface area (Å²) >= 11 is 6.72. The Labute approximate surface area is 116 Å². The van der Waals surface area contributed by atoms with E-state index in [0.29, 0.717) is 11.2 Å². The lowest BCUT2D eigenvalue weighted by molar-refractivity contribution is -0.117. The quantitative estimate of drug-likeness (QED) is 0.720. The zero-order chi connectivity index (χ0) is 13.1. The fraction of sp³-hybridized carbons (Fsp3) is 0.583. The fourth-order valence-corrected chi connectivity index (χ4v) is 4.30. The Morgan fingerprint density at radius 3 is 2.89 bits per heavy atom. The van der Waals surface area contributed by atoms with Crippen LogP contribution in [-0.4, -0.2) is 16.3 Å². The number of carbonyl (C=O) groups is 1. The van der Waals surface area contributed by atoms with E-state index in [1.807, 2.05) is 0 Å². The summed E-state index contributed by atoms with van der Waals surface area (Å²) in [6.07, 6.45) is 4.66. The maximum absolute atomic E-state index is 10.9. The number of hydrogen-bond acceptors (Lipinski definition) is 4. The minimum atomic E-state index is -0.202. The Bertz CT molecular complexity index is 453. The highest BCUT2D eigenvalue weighted by atomic mass is 32.2. The second kappa shape index (κ2) is 5.72. The van der Waals surface area contributed by atoms with Gasteiger partial charge in [-0.3, -0.25) is 4.79 Å². The number of amides is 1. The van der Waals surface area contributed by atoms with Crippen LogP contribution < -0.4 is 10.6 Å². The number of hydrogen-bond donors (Lipinski definition) is 2. The molecule has 1 heterocycles. The highest BCUT2D eigenvalue weighted by Crippen LogP contribution is 2.47. The van der Waals surface area contributed by atoms with Gasteiger partial charge in [-0.25, -0.2) is 0 Å². The number of nitriles is 1. The van der Waals surface area contributed by atoms with Crippen molar-refractivity contribution in [1.82, 2.24) is 10.6 Å². The second-order valence-electron chi connectivity index (χ2n) is 4.54. The number of nitrogens with zero attached hydrogens (tertiary/aromatic N) is 1. The van der Waals surface area contributed by atoms with Gasteiger partial charge in [0.15, 0.2) is 5.11 Å². The molecule has 0 aromatic heterocycles. The van der Waals surface area contributed by atoms with E-state index in [1.165, 1.54) is 19.8 Å². The van der Waals surface area contributed by atoms with Crippen LogP contribution in [0.2, 0.25) is 0 Å². The third-order valence-electron chi connectivity index (χ3n) is 3.22. The maximum atomic E-state index is 10.9. The molecule has 0 bridgehead atoms. The van der Waals surface area contributed by atoms with Gasteiger partial charge in [0.1, 0.15) is 0 Å². The van der Waals surface area contributed by atoms with Gasteiger partial charge in [-0.15, -0.1) is 11.8 Å². The topological polar surface area (TPSA) is 64.9 Å². The first-order valence-corrected chi connectivity index (χ1v) is 7.30. The third-order valence-corrected chi connectivity index (χ3v) is 4.85. The van der Waals surface area contributed by atoms with E-state index < -0.39 is 0 Å². The molecule has 2 rings (SSSR count). The van der Waals surface area contributed by atoms with Crippen molar-refractivity contribution in [1.29, 1.82) is 5.26 Å². The Morgan fingerprint density at radius 1 is 1.50 bits per heavy atom. The predicted molar refractivity (Wildman–Crippen MR) is 75.5 cm³/mol. The van der Waals surface area contributed by atoms with E-state index in [0.717, 1.165) is 23.4 Å². The molecule has 1 fully saturated rings. The first-order chi connectivity index (χ1) is 8.61. The van der Waals surface area contributed by atoms with E-state index in [9.17, 15) is 10.1 Å². The standard InChI is InChI=1S/C12H15N3OS2/c1-7(16)14-12(17)15-11-9(6-13)8-4-2-3-5-10(8)18-11/h8,10H,2-5H2,1H3,(H2,14,15,16,17)/t8-,10+/m0/s1. The van der Waals surface area contributed by atoms with Crippen LogP contribution in [0.5, 0.6) is 0 Å². The Kier molecular flexibility index (Phi) is 4.25. The molecule has 0 radical (unpaired) electrons. The van der Waals surface area contributed by atoms with Crippen LogP contribution in [0.3, 0.4) is 0 Å². The minimum Gasteiger partial charge on any atom is -0.326 e. The number of nitrogens with one attached hydrogen (secondary N) is 2. The van der Waals surface area contributed by atoms with E-state index in [4.69, 9.17) is 12.2 Å². The van der Waals surface area contributed by atoms with Crippen LogP contribution in [0.4, 0.5) is 0 Å². The van der Waals surface area contributed by atoms with Gasteiger partial charge in [0, 0.05) is 18.1 Å². The number of carbonyl (C=O) groups excluding carboxylic acids is 1. The number of fused-ring (bicyclic) bond motifs is 1. The molecule has 0 saturated heterocycles. The number of allylic oxidation sites excluding steroid dienone is 1. The Hall–Kier alpha value is -1.06. The highest BCUT2D eigenvalue weighted by Gasteiger charge is 2.37. The van der Waals surface area contributed by atoms with E-state index >= 15 is 0 Å². The molecule has 4 nitrogen and oxygen atoms in total. The van der Waals surface area contributed by atoms with Crippen molar-refractivity contribution in [3.8, 4) is 6.07 Å². The van der Waals surface area contributed by atoms with E-state index in [-0.39, 0.29) is 11.0 Å². The molecule has 18 heavy (non-hydrogen) atoms. The van der Waals surface area contributed by atoms with Gasteiger partial charge >= 0.3 is 0 Å². The summed E-state index contributed by atoms with van der Waals surface area (Å²) in [5, 5.41) is 16.4. The molecule has 2 aliphatic rings. The molecule has 1 aliphatic carbocycles. The van der Waals surface area contributed by atoms with Gasteiger partial charge < -0.3 is 10.6 Å². The van der Waals surface area contributed by atoms with Crippen LogP contribution in [-0.2, 0) is 4.79 Å². The Morgan fingerprint density at radius 2 is 2.22 bits per heavy atom. The van der Waals surface area contributed by atoms with Crippen molar-refractivity contribution in [2.75, 3.05) is 0 Å². The summed E-state index contributed by atoms with van der Waals surface area (Å²) in [5.74, 6) is 0.156. The van der Waals surface area contributed by atoms with Gasteiger partial charge in [-0.1, -0.05) is 12.8 Å². The third kappa shape index (κ3) is 2.85. The monoisotopic (exact) mass is 281 g/mol. The molecule has 1 aliphatic heterocycles. The summed E-state index contributed by atoms with van der Waals surface area (Å²) in [5.41, 5.74) is 0.803. The summed E-state index contributed by atoms with van der Waals surface area (Å²) < 4.78 is 0. The summed E-state index contributed by atoms with van der Waals surface area (Å²) in [6, 6.07) is 2.30. The number of thiocarbonyl (C=S) groups is 1. The first kappa shape index (κ1) is 13.4. The van der Waals surface area contributed by atoms with Crippen LogP contribution in [0.25, 0.3) is 0 Å². The zero-order valence-electron chi connectivity index (χ0n) is 10.2. The lowest BCUT2D eigenvalue weighted by Crippen LogP contribution is -2.37. The lowest BCUT2D eigenvalue weighted by Gasteiger charge is -2.24. The molecule has 96 valence electrons. The molecule has 0 spiro atoms. The minimum absolute atomic E-state index is 0.202. The molecule has 1 saturated carbocycles. The molecular formula is C12H15N3OS2. The Balaban J connectivity index is 2.08. The highest BCUT2D eigenvalue weighted by molar-refractivity contribution is 8.04. The maximum Gasteiger partial charge on any atom is 0.222 e. The smallest absolute Gasteiger partial charge is 0.222 e. The molecule has 0 aromatic rings. The van der Waals surface area contributed by atoms with Crippen molar-refractivity contribution in [2.24, 2.45) is 5.92 Å². The first-order valence-electron chi connectivity index (χ1n) is 6.01. The van der Waals surface area contributed by atoms with Gasteiger partial charge in [0.2, 0.25) is 5.91 Å². The number of rotatable bonds is 1. The largest absolute Gasteiger partial charge is 0.326 e. The van der Waals surface area contributed by atoms with Crippen molar-refractivity contribution in [2.45, 2.75) is 37.9 Å². The molecule has 2 atom stereocenters. The van der Waals surface area contributed by atoms with Gasteiger partial charge in [0.25, 0.3) is 0 Å². The summed E-state index contributed by atoms with van der Waals surface area (Å²) in [6.45, 7) is 1.41. The van der Waals surface area contributed by atoms with Gasteiger partial charge in [-0.2, -0.15) is 5.26 Å².